The molecule has 0 radical (unpaired) electrons. The first kappa shape index (κ1) is 23.8. The van der Waals surface area contributed by atoms with Gasteiger partial charge in [0.1, 0.15) is 34.5 Å². The molecule has 0 aromatic heterocycles. The van der Waals surface area contributed by atoms with E-state index in [1.54, 1.807) is 61.3 Å². The van der Waals surface area contributed by atoms with Crippen LogP contribution in [-0.4, -0.2) is 32.6 Å². The van der Waals surface area contributed by atoms with Gasteiger partial charge in [-0.2, -0.15) is 0 Å². The van der Waals surface area contributed by atoms with Gasteiger partial charge in [0.2, 0.25) is 0 Å². The van der Waals surface area contributed by atoms with Crippen LogP contribution in [0.3, 0.4) is 0 Å². The fourth-order valence-electron chi connectivity index (χ4n) is 5.08. The summed E-state index contributed by atoms with van der Waals surface area (Å²) in [5, 5.41) is 51.2. The zero-order valence-corrected chi connectivity index (χ0v) is 20.3. The molecular weight excluding hydrogens is 476 g/mol. The van der Waals surface area contributed by atoms with Crippen LogP contribution in [0.15, 0.2) is 78.9 Å². The Morgan fingerprint density at radius 3 is 1.92 bits per heavy atom. The molecule has 0 saturated heterocycles. The monoisotopic (exact) mass is 502 g/mol. The highest BCUT2D eigenvalue weighted by molar-refractivity contribution is 7.98. The van der Waals surface area contributed by atoms with Crippen molar-refractivity contribution in [3.8, 4) is 34.5 Å². The maximum atomic E-state index is 11.2. The number of aromatic hydroxyl groups is 5. The van der Waals surface area contributed by atoms with Crippen molar-refractivity contribution >= 4 is 11.8 Å². The minimum Gasteiger partial charge on any atom is -0.508 e. The van der Waals surface area contributed by atoms with E-state index in [1.807, 2.05) is 30.3 Å². The summed E-state index contributed by atoms with van der Waals surface area (Å²) in [5.74, 6) is 0.934. The molecule has 5 N–H and O–H groups in total. The van der Waals surface area contributed by atoms with Crippen LogP contribution in [0.1, 0.15) is 44.9 Å². The van der Waals surface area contributed by atoms with E-state index >= 15 is 0 Å². The minimum absolute atomic E-state index is 0.0468. The average molecular weight is 503 g/mol. The minimum atomic E-state index is -0.315. The van der Waals surface area contributed by atoms with Crippen molar-refractivity contribution in [3.05, 3.63) is 107 Å². The third-order valence-corrected chi connectivity index (χ3v) is 8.04. The molecule has 184 valence electrons. The van der Waals surface area contributed by atoms with Gasteiger partial charge in [0, 0.05) is 40.5 Å². The molecule has 0 bridgehead atoms. The predicted molar refractivity (Wildman–Crippen MR) is 139 cm³/mol. The van der Waals surface area contributed by atoms with E-state index in [-0.39, 0.29) is 45.8 Å². The summed E-state index contributed by atoms with van der Waals surface area (Å²) in [5.41, 5.74) is 4.29. The second-order valence-corrected chi connectivity index (χ2v) is 10.1. The van der Waals surface area contributed by atoms with Gasteiger partial charge >= 0.3 is 0 Å². The molecule has 0 spiro atoms. The molecule has 5 rings (SSSR count). The summed E-state index contributed by atoms with van der Waals surface area (Å²) in [4.78, 5) is 0. The van der Waals surface area contributed by atoms with E-state index in [1.165, 1.54) is 6.07 Å². The molecule has 1 aliphatic rings. The zero-order valence-electron chi connectivity index (χ0n) is 19.5. The first-order valence-electron chi connectivity index (χ1n) is 11.5. The third-order valence-electron chi connectivity index (χ3n) is 6.63. The topological polar surface area (TPSA) is 110 Å². The molecule has 0 amide bonds. The molecule has 4 aromatic rings. The Hall–Kier alpha value is -3.97. The van der Waals surface area contributed by atoms with Crippen LogP contribution < -0.4 is 4.74 Å². The van der Waals surface area contributed by atoms with Crippen molar-refractivity contribution < 1.29 is 30.3 Å². The molecule has 0 heterocycles. The van der Waals surface area contributed by atoms with E-state index in [4.69, 9.17) is 4.74 Å². The SMILES string of the molecule is COc1cc(O)c2c(c1)C(SCc1ccc(O)cc1)[C@H](c1cc(O)cc(O)c1)[C@H]2c1ccc(O)cc1. The molecule has 7 heteroatoms. The average Bonchev–Trinajstić information content (AvgIpc) is 3.18. The maximum Gasteiger partial charge on any atom is 0.123 e. The van der Waals surface area contributed by atoms with Crippen LogP contribution in [-0.2, 0) is 5.75 Å². The van der Waals surface area contributed by atoms with E-state index < -0.39 is 0 Å². The molecule has 4 aromatic carbocycles. The van der Waals surface area contributed by atoms with Gasteiger partial charge in [0.15, 0.2) is 0 Å². The van der Waals surface area contributed by atoms with E-state index in [9.17, 15) is 25.5 Å². The van der Waals surface area contributed by atoms with Crippen molar-refractivity contribution in [3.63, 3.8) is 0 Å². The molecule has 6 nitrogen and oxygen atoms in total. The lowest BCUT2D eigenvalue weighted by Gasteiger charge is -2.27. The number of fused-ring (bicyclic) bond motifs is 1. The zero-order chi connectivity index (χ0) is 25.4. The summed E-state index contributed by atoms with van der Waals surface area (Å²) in [7, 11) is 1.55. The van der Waals surface area contributed by atoms with Crippen LogP contribution >= 0.6 is 11.8 Å². The van der Waals surface area contributed by atoms with Crippen molar-refractivity contribution in [1.82, 2.24) is 0 Å². The standard InChI is InChI=1S/C29H26O6S/c1-35-23-13-24-28(25(34)14-23)26(17-4-8-20(31)9-5-17)27(18-10-21(32)12-22(33)11-18)29(24)36-15-16-2-6-19(30)7-3-16/h2-14,26-27,29-34H,15H2,1H3/t26-,27-,29?/m1/s1. The van der Waals surface area contributed by atoms with Crippen LogP contribution in [0.4, 0.5) is 0 Å². The Morgan fingerprint density at radius 1 is 0.694 bits per heavy atom. The Kier molecular flexibility index (Phi) is 6.33. The highest BCUT2D eigenvalue weighted by Crippen LogP contribution is 2.62. The fourth-order valence-corrected chi connectivity index (χ4v) is 6.54. The lowest BCUT2D eigenvalue weighted by atomic mass is 9.81. The highest BCUT2D eigenvalue weighted by Gasteiger charge is 2.45. The van der Waals surface area contributed by atoms with Crippen molar-refractivity contribution in [1.29, 1.82) is 0 Å². The van der Waals surface area contributed by atoms with Gasteiger partial charge in [0.25, 0.3) is 0 Å². The number of thioether (sulfide) groups is 1. The summed E-state index contributed by atoms with van der Waals surface area (Å²) < 4.78 is 5.47. The number of phenolic OH excluding ortho intramolecular Hbond substituents is 5. The molecule has 1 unspecified atom stereocenters. The van der Waals surface area contributed by atoms with Crippen molar-refractivity contribution in [2.45, 2.75) is 22.8 Å². The Morgan fingerprint density at radius 2 is 1.31 bits per heavy atom. The van der Waals surface area contributed by atoms with Crippen LogP contribution in [0, 0.1) is 0 Å². The lowest BCUT2D eigenvalue weighted by molar-refractivity contribution is 0.406. The number of methoxy groups -OCH3 is 1. The van der Waals surface area contributed by atoms with Gasteiger partial charge in [-0.3, -0.25) is 0 Å². The number of ether oxygens (including phenoxy) is 1. The van der Waals surface area contributed by atoms with E-state index in [0.717, 1.165) is 27.8 Å². The Balaban J connectivity index is 1.68. The van der Waals surface area contributed by atoms with Crippen molar-refractivity contribution in [2.75, 3.05) is 7.11 Å². The Labute approximate surface area is 213 Å². The van der Waals surface area contributed by atoms with Crippen molar-refractivity contribution in [2.24, 2.45) is 0 Å². The Bertz CT molecular complexity index is 1360. The normalized spacial score (nSPS) is 18.6. The van der Waals surface area contributed by atoms with Gasteiger partial charge in [-0.1, -0.05) is 24.3 Å². The number of hydrogen-bond acceptors (Lipinski definition) is 7. The second-order valence-electron chi connectivity index (χ2n) is 8.93. The summed E-state index contributed by atoms with van der Waals surface area (Å²) >= 11 is 1.67. The molecule has 1 aliphatic carbocycles. The quantitative estimate of drug-likeness (QED) is 0.216. The highest BCUT2D eigenvalue weighted by atomic mass is 32.2. The largest absolute Gasteiger partial charge is 0.508 e. The fraction of sp³-hybridized carbons (Fsp3) is 0.172. The van der Waals surface area contributed by atoms with Crippen LogP contribution in [0.2, 0.25) is 0 Å². The molecule has 36 heavy (non-hydrogen) atoms. The van der Waals surface area contributed by atoms with Gasteiger partial charge < -0.3 is 30.3 Å². The molecule has 0 fully saturated rings. The van der Waals surface area contributed by atoms with Gasteiger partial charge in [-0.15, -0.1) is 11.8 Å². The molecular formula is C29H26O6S. The number of rotatable bonds is 6. The van der Waals surface area contributed by atoms with Crippen LogP contribution in [0.5, 0.6) is 34.5 Å². The first-order valence-corrected chi connectivity index (χ1v) is 12.5. The van der Waals surface area contributed by atoms with E-state index in [0.29, 0.717) is 11.5 Å². The molecule has 3 atom stereocenters. The smallest absolute Gasteiger partial charge is 0.123 e. The van der Waals surface area contributed by atoms with Crippen LogP contribution in [0.25, 0.3) is 0 Å². The molecule has 0 saturated carbocycles. The lowest BCUT2D eigenvalue weighted by Crippen LogP contribution is -2.11. The summed E-state index contributed by atoms with van der Waals surface area (Å²) in [6, 6.07) is 22.0. The first-order chi connectivity index (χ1) is 17.3. The number of phenols is 5. The number of benzene rings is 4. The third kappa shape index (κ3) is 4.50. The predicted octanol–water partition coefficient (Wildman–Crippen LogP) is 6.13. The summed E-state index contributed by atoms with van der Waals surface area (Å²) in [6.07, 6.45) is 0. The maximum absolute atomic E-state index is 11.2. The van der Waals surface area contributed by atoms with Gasteiger partial charge in [-0.25, -0.2) is 0 Å². The second kappa shape index (κ2) is 9.59. The summed E-state index contributed by atoms with van der Waals surface area (Å²) in [6.45, 7) is 0. The van der Waals surface area contributed by atoms with Gasteiger partial charge in [0.05, 0.1) is 7.11 Å². The number of hydrogen-bond donors (Lipinski definition) is 5. The van der Waals surface area contributed by atoms with E-state index in [2.05, 4.69) is 0 Å². The van der Waals surface area contributed by atoms with Gasteiger partial charge in [-0.05, 0) is 64.7 Å². The molecule has 0 aliphatic heterocycles.